The van der Waals surface area contributed by atoms with E-state index < -0.39 is 34.7 Å². The fraction of sp³-hybridized carbons (Fsp3) is 0.500. The summed E-state index contributed by atoms with van der Waals surface area (Å²) in [5, 5.41) is 21.2. The van der Waals surface area contributed by atoms with E-state index in [4.69, 9.17) is 9.94 Å². The molecule has 12 nitrogen and oxygen atoms in total. The summed E-state index contributed by atoms with van der Waals surface area (Å²) in [5.41, 5.74) is 1.22. The molecular weight excluding hydrogens is 326 g/mol. The summed E-state index contributed by atoms with van der Waals surface area (Å²) >= 11 is 0. The Balaban J connectivity index is 3.00. The second kappa shape index (κ2) is 8.57. The van der Waals surface area contributed by atoms with Gasteiger partial charge in [-0.3, -0.25) is 15.3 Å². The first-order valence-electron chi connectivity index (χ1n) is 6.90. The molecule has 0 aliphatic carbocycles. The third-order valence-electron chi connectivity index (χ3n) is 3.02. The number of imidazole rings is 1. The second-order valence-electron chi connectivity index (χ2n) is 4.59. The van der Waals surface area contributed by atoms with E-state index in [1.807, 2.05) is 0 Å². The van der Waals surface area contributed by atoms with Crippen molar-refractivity contribution < 1.29 is 29.3 Å². The molecule has 12 heteroatoms. The van der Waals surface area contributed by atoms with Crippen LogP contribution >= 0.6 is 0 Å². The van der Waals surface area contributed by atoms with Crippen LogP contribution in [0.15, 0.2) is 6.20 Å². The average molecular weight is 343 g/mol. The van der Waals surface area contributed by atoms with E-state index in [0.29, 0.717) is 0 Å². The van der Waals surface area contributed by atoms with Crippen LogP contribution < -0.4 is 10.8 Å². The minimum Gasteiger partial charge on any atom is -0.463 e. The Morgan fingerprint density at radius 3 is 2.71 bits per heavy atom. The summed E-state index contributed by atoms with van der Waals surface area (Å²) in [6.07, 6.45) is 0.522. The molecule has 24 heavy (non-hydrogen) atoms. The third kappa shape index (κ3) is 4.74. The van der Waals surface area contributed by atoms with E-state index >= 15 is 0 Å². The first-order valence-corrected chi connectivity index (χ1v) is 6.90. The number of nitrogens with zero attached hydrogens (tertiary/aromatic N) is 3. The van der Waals surface area contributed by atoms with Gasteiger partial charge in [0.05, 0.1) is 6.61 Å². The smallest absolute Gasteiger partial charge is 0.351 e. The molecule has 1 rings (SSSR count). The molecule has 3 amide bonds. The van der Waals surface area contributed by atoms with Gasteiger partial charge < -0.3 is 14.9 Å². The largest absolute Gasteiger partial charge is 0.463 e. The van der Waals surface area contributed by atoms with Crippen molar-refractivity contribution in [1.29, 1.82) is 0 Å². The van der Waals surface area contributed by atoms with Crippen molar-refractivity contribution in [1.82, 2.24) is 20.3 Å². The monoisotopic (exact) mass is 343 g/mol. The lowest BCUT2D eigenvalue weighted by atomic mass is 10.1. The number of hydrogen-bond donors (Lipinski definition) is 3. The molecular formula is C12H17N5O7. The molecule has 1 aromatic rings. The number of nitrogens with one attached hydrogen (secondary N) is 2. The summed E-state index contributed by atoms with van der Waals surface area (Å²) in [6.45, 7) is 3.09. The summed E-state index contributed by atoms with van der Waals surface area (Å²) in [7, 11) is 0. The number of urea groups is 1. The number of hydrogen-bond acceptors (Lipinski definition) is 8. The van der Waals surface area contributed by atoms with Crippen molar-refractivity contribution in [2.45, 2.75) is 32.7 Å². The van der Waals surface area contributed by atoms with Crippen molar-refractivity contribution in [3.63, 3.8) is 0 Å². The first-order chi connectivity index (χ1) is 11.3. The fourth-order valence-corrected chi connectivity index (χ4v) is 2.04. The van der Waals surface area contributed by atoms with Gasteiger partial charge in [-0.2, -0.15) is 4.57 Å². The van der Waals surface area contributed by atoms with Crippen LogP contribution in [0.25, 0.3) is 0 Å². The second-order valence-corrected chi connectivity index (χ2v) is 4.59. The number of carbonyl (C=O) groups excluding carboxylic acids is 3. The number of aryl methyl sites for hydroxylation is 1. The molecule has 0 saturated heterocycles. The molecule has 0 spiro atoms. The molecule has 0 aliphatic heterocycles. The molecule has 1 unspecified atom stereocenters. The predicted molar refractivity (Wildman–Crippen MR) is 77.0 cm³/mol. The van der Waals surface area contributed by atoms with Crippen molar-refractivity contribution in [3.8, 4) is 0 Å². The van der Waals surface area contributed by atoms with E-state index in [2.05, 4.69) is 4.98 Å². The Bertz CT molecular complexity index is 642. The minimum absolute atomic E-state index is 0.0516. The Hall–Kier alpha value is -3.02. The SMILES string of the molecule is CCOC(=O)C(CCC(=O)NC(=O)NO)n1c([N+](=O)[O-])cnc1C. The van der Waals surface area contributed by atoms with Gasteiger partial charge in [-0.1, -0.05) is 0 Å². The Labute approximate surface area is 135 Å². The van der Waals surface area contributed by atoms with E-state index in [0.717, 1.165) is 10.8 Å². The maximum Gasteiger partial charge on any atom is 0.351 e. The maximum absolute atomic E-state index is 12.1. The number of aromatic nitrogens is 2. The normalized spacial score (nSPS) is 11.5. The lowest BCUT2D eigenvalue weighted by molar-refractivity contribution is -0.392. The molecule has 3 N–H and O–H groups in total. The molecule has 0 bridgehead atoms. The highest BCUT2D eigenvalue weighted by atomic mass is 16.6. The lowest BCUT2D eigenvalue weighted by Gasteiger charge is -2.15. The van der Waals surface area contributed by atoms with Crippen LogP contribution in [-0.4, -0.2) is 44.2 Å². The number of hydroxylamine groups is 1. The van der Waals surface area contributed by atoms with Crippen molar-refractivity contribution in [3.05, 3.63) is 22.1 Å². The third-order valence-corrected chi connectivity index (χ3v) is 3.02. The summed E-state index contributed by atoms with van der Waals surface area (Å²) in [5.74, 6) is -1.76. The zero-order valence-corrected chi connectivity index (χ0v) is 13.0. The zero-order chi connectivity index (χ0) is 18.3. The summed E-state index contributed by atoms with van der Waals surface area (Å²) < 4.78 is 5.96. The predicted octanol–water partition coefficient (Wildman–Crippen LogP) is 0.199. The minimum atomic E-state index is -1.16. The van der Waals surface area contributed by atoms with E-state index in [9.17, 15) is 24.5 Å². The van der Waals surface area contributed by atoms with Crippen LogP contribution in [-0.2, 0) is 14.3 Å². The topological polar surface area (TPSA) is 166 Å². The van der Waals surface area contributed by atoms with Gasteiger partial charge in [0.2, 0.25) is 11.9 Å². The Morgan fingerprint density at radius 1 is 1.50 bits per heavy atom. The van der Waals surface area contributed by atoms with Crippen molar-refractivity contribution in [2.75, 3.05) is 6.61 Å². The Morgan fingerprint density at radius 2 is 2.17 bits per heavy atom. The Kier molecular flexibility index (Phi) is 6.79. The van der Waals surface area contributed by atoms with Gasteiger partial charge in [0, 0.05) is 19.8 Å². The number of carbonyl (C=O) groups is 3. The summed E-state index contributed by atoms with van der Waals surface area (Å²) in [4.78, 5) is 48.7. The molecule has 1 atom stereocenters. The van der Waals surface area contributed by atoms with Gasteiger partial charge >= 0.3 is 17.8 Å². The highest BCUT2D eigenvalue weighted by Gasteiger charge is 2.33. The van der Waals surface area contributed by atoms with E-state index in [1.54, 1.807) is 12.2 Å². The fourth-order valence-electron chi connectivity index (χ4n) is 2.04. The van der Waals surface area contributed by atoms with E-state index in [1.165, 1.54) is 12.4 Å². The lowest BCUT2D eigenvalue weighted by Crippen LogP contribution is -2.38. The molecule has 0 aromatic carbocycles. The quantitative estimate of drug-likeness (QED) is 0.273. The average Bonchev–Trinajstić information content (AvgIpc) is 2.89. The first kappa shape index (κ1) is 19.0. The molecule has 0 radical (unpaired) electrons. The van der Waals surface area contributed by atoms with Crippen LogP contribution in [0.4, 0.5) is 10.6 Å². The van der Waals surface area contributed by atoms with Gasteiger partial charge in [0.25, 0.3) is 0 Å². The van der Waals surface area contributed by atoms with Gasteiger partial charge in [0.1, 0.15) is 6.20 Å². The van der Waals surface area contributed by atoms with Crippen LogP contribution in [0.1, 0.15) is 31.6 Å². The van der Waals surface area contributed by atoms with Gasteiger partial charge in [-0.05, 0) is 11.8 Å². The van der Waals surface area contributed by atoms with Crippen LogP contribution in [0.2, 0.25) is 0 Å². The van der Waals surface area contributed by atoms with Crippen LogP contribution in [0, 0.1) is 17.0 Å². The number of esters is 1. The van der Waals surface area contributed by atoms with Crippen molar-refractivity contribution >= 4 is 23.7 Å². The molecule has 1 heterocycles. The number of ether oxygens (including phenoxy) is 1. The molecule has 1 aromatic heterocycles. The molecule has 0 saturated carbocycles. The standard InChI is InChI=1S/C12H17N5O7/c1-3-24-11(19)8(4-5-9(18)14-12(20)15-21)16-7(2)13-6-10(16)17(22)23/h6,8,21H,3-5H2,1-2H3,(H2,14,15,18,20). The zero-order valence-electron chi connectivity index (χ0n) is 13.0. The van der Waals surface area contributed by atoms with Gasteiger partial charge in [-0.15, -0.1) is 0 Å². The summed E-state index contributed by atoms with van der Waals surface area (Å²) in [6, 6.07) is -2.28. The highest BCUT2D eigenvalue weighted by molar-refractivity contribution is 5.93. The van der Waals surface area contributed by atoms with Gasteiger partial charge in [-0.25, -0.2) is 20.1 Å². The molecule has 132 valence electrons. The highest BCUT2D eigenvalue weighted by Crippen LogP contribution is 2.25. The van der Waals surface area contributed by atoms with Crippen molar-refractivity contribution in [2.24, 2.45) is 0 Å². The van der Waals surface area contributed by atoms with Gasteiger partial charge in [0.15, 0.2) is 5.82 Å². The molecule has 0 fully saturated rings. The maximum atomic E-state index is 12.1. The van der Waals surface area contributed by atoms with Crippen LogP contribution in [0.3, 0.4) is 0 Å². The van der Waals surface area contributed by atoms with E-state index in [-0.39, 0.29) is 25.3 Å². The van der Waals surface area contributed by atoms with Crippen LogP contribution in [0.5, 0.6) is 0 Å². The number of rotatable bonds is 7. The number of imide groups is 1. The number of nitro groups is 1. The molecule has 0 aliphatic rings. The number of amides is 3.